The summed E-state index contributed by atoms with van der Waals surface area (Å²) in [4.78, 5) is 0. The molecule has 0 unspecified atom stereocenters. The Morgan fingerprint density at radius 2 is 1.71 bits per heavy atom. The first kappa shape index (κ1) is 10.8. The number of aliphatic hydroxyl groups is 1. The maximum atomic E-state index is 9.19. The van der Waals surface area contributed by atoms with Gasteiger partial charge in [-0.15, -0.1) is 0 Å². The zero-order chi connectivity index (χ0) is 5.21. The fourth-order valence-corrected chi connectivity index (χ4v) is 0. The average molecular weight is 134 g/mol. The minimum atomic E-state index is -4.36. The van der Waals surface area contributed by atoms with Crippen LogP contribution in [-0.2, 0) is 10.1 Å². The molecule has 0 saturated carbocycles. The number of hydrogen-bond acceptors (Lipinski definition) is 4. The van der Waals surface area contributed by atoms with Gasteiger partial charge in [-0.2, -0.15) is 0 Å². The second-order valence-electron chi connectivity index (χ2n) is 0.687. The van der Waals surface area contributed by atoms with Gasteiger partial charge in [-0.05, 0) is 0 Å². The SMILES string of the molecule is O=S(=O)([O-])CO.[Na+]. The van der Waals surface area contributed by atoms with Crippen molar-refractivity contribution in [2.24, 2.45) is 0 Å². The van der Waals surface area contributed by atoms with Crippen LogP contribution < -0.4 is 29.6 Å². The molecule has 0 rings (SSSR count). The van der Waals surface area contributed by atoms with Crippen LogP contribution in [-0.4, -0.2) is 24.0 Å². The summed E-state index contributed by atoms with van der Waals surface area (Å²) >= 11 is 0. The molecule has 0 spiro atoms. The standard InChI is InChI=1S/CH4O4S.Na/c2-1-6(3,4)5;/h2H,1H2,(H,3,4,5);/q;+1/p-1. The van der Waals surface area contributed by atoms with E-state index in [0.29, 0.717) is 0 Å². The molecule has 0 aliphatic rings. The molecule has 0 amide bonds. The van der Waals surface area contributed by atoms with E-state index in [9.17, 15) is 13.0 Å². The summed E-state index contributed by atoms with van der Waals surface area (Å²) in [5, 5.41) is 7.50. The van der Waals surface area contributed by atoms with Gasteiger partial charge in [-0.25, -0.2) is 8.42 Å². The summed E-state index contributed by atoms with van der Waals surface area (Å²) in [7, 11) is -4.36. The Balaban J connectivity index is 0. The van der Waals surface area contributed by atoms with Gasteiger partial charge in [-0.1, -0.05) is 0 Å². The van der Waals surface area contributed by atoms with Crippen molar-refractivity contribution < 1.29 is 47.6 Å². The van der Waals surface area contributed by atoms with Crippen molar-refractivity contribution in [2.75, 3.05) is 5.94 Å². The minimum absolute atomic E-state index is 0. The van der Waals surface area contributed by atoms with Gasteiger partial charge < -0.3 is 9.66 Å². The van der Waals surface area contributed by atoms with Crippen molar-refractivity contribution in [1.82, 2.24) is 0 Å². The smallest absolute Gasteiger partial charge is 0.746 e. The zero-order valence-corrected chi connectivity index (χ0v) is 6.60. The van der Waals surface area contributed by atoms with Crippen molar-refractivity contribution in [3.8, 4) is 0 Å². The van der Waals surface area contributed by atoms with Crippen molar-refractivity contribution in [2.45, 2.75) is 0 Å². The van der Waals surface area contributed by atoms with E-state index in [2.05, 4.69) is 0 Å². The van der Waals surface area contributed by atoms with Crippen LogP contribution in [0.15, 0.2) is 0 Å². The number of hydrogen-bond donors (Lipinski definition) is 1. The monoisotopic (exact) mass is 134 g/mol. The van der Waals surface area contributed by atoms with E-state index in [1.807, 2.05) is 0 Å². The molecule has 0 aliphatic heterocycles. The second kappa shape index (κ2) is 3.82. The van der Waals surface area contributed by atoms with Crippen LogP contribution in [0.5, 0.6) is 0 Å². The molecular formula is CH3NaO4S. The molecule has 1 N–H and O–H groups in total. The Morgan fingerprint density at radius 3 is 1.71 bits per heavy atom. The Bertz CT molecular complexity index is 114. The van der Waals surface area contributed by atoms with Crippen LogP contribution in [0.3, 0.4) is 0 Å². The topological polar surface area (TPSA) is 77.4 Å². The molecule has 4 nitrogen and oxygen atoms in total. The molecular weight excluding hydrogens is 131 g/mol. The maximum absolute atomic E-state index is 9.19. The fourth-order valence-electron chi connectivity index (χ4n) is 0. The molecule has 0 bridgehead atoms. The molecule has 38 valence electrons. The van der Waals surface area contributed by atoms with Gasteiger partial charge in [0.25, 0.3) is 0 Å². The average Bonchev–Trinajstić information content (AvgIpc) is 1.35. The number of aliphatic hydroxyl groups excluding tert-OH is 1. The van der Waals surface area contributed by atoms with Crippen LogP contribution in [0.1, 0.15) is 0 Å². The summed E-state index contributed by atoms with van der Waals surface area (Å²) < 4.78 is 27.6. The molecule has 0 heterocycles. The largest absolute Gasteiger partial charge is 1.00 e. The van der Waals surface area contributed by atoms with Gasteiger partial charge in [-0.3, -0.25) is 0 Å². The zero-order valence-electron chi connectivity index (χ0n) is 3.79. The summed E-state index contributed by atoms with van der Waals surface area (Å²) in [6.45, 7) is 0. The van der Waals surface area contributed by atoms with Crippen molar-refractivity contribution in [1.29, 1.82) is 0 Å². The summed E-state index contributed by atoms with van der Waals surface area (Å²) in [6.07, 6.45) is 0. The van der Waals surface area contributed by atoms with Crippen LogP contribution in [0, 0.1) is 0 Å². The van der Waals surface area contributed by atoms with Crippen LogP contribution in [0.2, 0.25) is 0 Å². The third kappa shape index (κ3) is 10.9. The van der Waals surface area contributed by atoms with Crippen molar-refractivity contribution >= 4 is 10.1 Å². The van der Waals surface area contributed by atoms with Gasteiger partial charge in [0.15, 0.2) is 0 Å². The van der Waals surface area contributed by atoms with Crippen LogP contribution >= 0.6 is 0 Å². The number of rotatable bonds is 1. The third-order valence-corrected chi connectivity index (χ3v) is 0.474. The Morgan fingerprint density at radius 1 is 1.57 bits per heavy atom. The molecule has 7 heavy (non-hydrogen) atoms. The molecule has 0 aliphatic carbocycles. The molecule has 0 fully saturated rings. The van der Waals surface area contributed by atoms with Gasteiger partial charge in [0.05, 0.1) is 0 Å². The predicted octanol–water partition coefficient (Wildman–Crippen LogP) is -4.51. The first-order chi connectivity index (χ1) is 2.56. The molecule has 0 aromatic rings. The first-order valence-corrected chi connectivity index (χ1v) is 2.68. The Kier molecular flexibility index (Phi) is 5.89. The molecule has 0 saturated heterocycles. The predicted molar refractivity (Wildman–Crippen MR) is 16.8 cm³/mol. The normalized spacial score (nSPS) is 10.0. The van der Waals surface area contributed by atoms with Gasteiger partial charge in [0, 0.05) is 0 Å². The second-order valence-corrected chi connectivity index (χ2v) is 2.06. The molecule has 6 heteroatoms. The van der Waals surface area contributed by atoms with E-state index in [-0.39, 0.29) is 29.6 Å². The van der Waals surface area contributed by atoms with Crippen molar-refractivity contribution in [3.63, 3.8) is 0 Å². The van der Waals surface area contributed by atoms with Crippen molar-refractivity contribution in [3.05, 3.63) is 0 Å². The van der Waals surface area contributed by atoms with Gasteiger partial charge in [0.1, 0.15) is 16.1 Å². The fraction of sp³-hybridized carbons (Fsp3) is 1.00. The Hall–Kier alpha value is 0.870. The Labute approximate surface area is 63.6 Å². The van der Waals surface area contributed by atoms with Crippen LogP contribution in [0.25, 0.3) is 0 Å². The van der Waals surface area contributed by atoms with E-state index in [0.717, 1.165) is 0 Å². The minimum Gasteiger partial charge on any atom is -0.746 e. The quantitative estimate of drug-likeness (QED) is 0.289. The van der Waals surface area contributed by atoms with E-state index in [1.54, 1.807) is 0 Å². The molecule has 0 aromatic carbocycles. The third-order valence-electron chi connectivity index (χ3n) is 0.158. The van der Waals surface area contributed by atoms with E-state index in [4.69, 9.17) is 5.11 Å². The first-order valence-electron chi connectivity index (χ1n) is 1.10. The van der Waals surface area contributed by atoms with E-state index < -0.39 is 16.1 Å². The van der Waals surface area contributed by atoms with E-state index >= 15 is 0 Å². The summed E-state index contributed by atoms with van der Waals surface area (Å²) in [5.74, 6) is -1.31. The molecule has 0 atom stereocenters. The molecule has 0 aromatic heterocycles. The summed E-state index contributed by atoms with van der Waals surface area (Å²) in [5.41, 5.74) is 0. The van der Waals surface area contributed by atoms with Gasteiger partial charge >= 0.3 is 29.6 Å². The summed E-state index contributed by atoms with van der Waals surface area (Å²) in [6, 6.07) is 0. The van der Waals surface area contributed by atoms with Gasteiger partial charge in [0.2, 0.25) is 0 Å². The van der Waals surface area contributed by atoms with E-state index in [1.165, 1.54) is 0 Å². The maximum Gasteiger partial charge on any atom is 1.00 e. The van der Waals surface area contributed by atoms with Crippen LogP contribution in [0.4, 0.5) is 0 Å². The molecule has 0 radical (unpaired) electrons.